The third-order valence-electron chi connectivity index (χ3n) is 3.56. The molecule has 0 fully saturated rings. The number of hydrogen-bond acceptors (Lipinski definition) is 6. The zero-order valence-electron chi connectivity index (χ0n) is 14.7. The highest BCUT2D eigenvalue weighted by Gasteiger charge is 2.30. The number of para-hydroxylation sites is 1. The van der Waals surface area contributed by atoms with Crippen molar-refractivity contribution in [1.82, 2.24) is 0 Å². The molecule has 0 aromatic heterocycles. The number of ether oxygens (including phenoxy) is 2. The number of halogens is 1. The molecular formula is C18H18ClNO6S. The molecule has 0 amide bonds. The fourth-order valence-electron chi connectivity index (χ4n) is 2.33. The summed E-state index contributed by atoms with van der Waals surface area (Å²) in [5.74, 6) is -1.49. The van der Waals surface area contributed by atoms with Crippen LogP contribution in [-0.2, 0) is 24.3 Å². The van der Waals surface area contributed by atoms with Gasteiger partial charge in [0.05, 0.1) is 29.9 Å². The molecule has 0 bridgehead atoms. The van der Waals surface area contributed by atoms with Crippen LogP contribution in [0, 0.1) is 0 Å². The van der Waals surface area contributed by atoms with E-state index < -0.39 is 28.5 Å². The zero-order valence-corrected chi connectivity index (χ0v) is 16.3. The summed E-state index contributed by atoms with van der Waals surface area (Å²) >= 11 is 5.83. The number of rotatable bonds is 7. The Balaban J connectivity index is 2.61. The average molecular weight is 412 g/mol. The molecule has 0 spiro atoms. The predicted octanol–water partition coefficient (Wildman–Crippen LogP) is 2.89. The second-order valence-electron chi connectivity index (χ2n) is 5.28. The van der Waals surface area contributed by atoms with E-state index in [9.17, 15) is 18.0 Å². The van der Waals surface area contributed by atoms with Gasteiger partial charge in [-0.25, -0.2) is 13.2 Å². The van der Waals surface area contributed by atoms with Gasteiger partial charge in [-0.1, -0.05) is 23.7 Å². The molecule has 0 saturated heterocycles. The maximum Gasteiger partial charge on any atom is 0.340 e. The fraction of sp³-hybridized carbons (Fsp3) is 0.222. The smallest absolute Gasteiger partial charge is 0.340 e. The van der Waals surface area contributed by atoms with Crippen molar-refractivity contribution in [2.24, 2.45) is 0 Å². The Hall–Kier alpha value is -2.58. The number of benzene rings is 2. The molecule has 0 aliphatic heterocycles. The van der Waals surface area contributed by atoms with Crippen LogP contribution in [0.3, 0.4) is 0 Å². The lowest BCUT2D eigenvalue weighted by molar-refractivity contribution is -0.141. The van der Waals surface area contributed by atoms with E-state index in [0.29, 0.717) is 5.02 Å². The minimum atomic E-state index is -4.18. The van der Waals surface area contributed by atoms with Crippen LogP contribution in [0.5, 0.6) is 0 Å². The van der Waals surface area contributed by atoms with Crippen molar-refractivity contribution >= 4 is 39.3 Å². The molecule has 2 aromatic carbocycles. The lowest BCUT2D eigenvalue weighted by Crippen LogP contribution is -2.37. The van der Waals surface area contributed by atoms with Crippen molar-refractivity contribution in [3.63, 3.8) is 0 Å². The summed E-state index contributed by atoms with van der Waals surface area (Å²) in [5, 5.41) is 0.362. The maximum absolute atomic E-state index is 13.2. The summed E-state index contributed by atoms with van der Waals surface area (Å²) < 4.78 is 36.8. The minimum absolute atomic E-state index is 0.00170. The highest BCUT2D eigenvalue weighted by Crippen LogP contribution is 2.28. The van der Waals surface area contributed by atoms with E-state index in [1.165, 1.54) is 43.5 Å². The van der Waals surface area contributed by atoms with E-state index in [1.807, 2.05) is 0 Å². The van der Waals surface area contributed by atoms with E-state index in [2.05, 4.69) is 0 Å². The Labute approximate surface area is 162 Å². The van der Waals surface area contributed by atoms with Crippen LogP contribution in [0.2, 0.25) is 5.02 Å². The first-order valence-electron chi connectivity index (χ1n) is 7.92. The second kappa shape index (κ2) is 8.88. The normalized spacial score (nSPS) is 10.9. The molecule has 0 N–H and O–H groups in total. The van der Waals surface area contributed by atoms with Gasteiger partial charge in [0.2, 0.25) is 0 Å². The fourth-order valence-corrected chi connectivity index (χ4v) is 3.89. The summed E-state index contributed by atoms with van der Waals surface area (Å²) in [6.45, 7) is 1.09. The van der Waals surface area contributed by atoms with Crippen LogP contribution in [0.25, 0.3) is 0 Å². The number of carbonyl (C=O) groups is 2. The van der Waals surface area contributed by atoms with Crippen molar-refractivity contribution < 1.29 is 27.5 Å². The molecule has 27 heavy (non-hydrogen) atoms. The van der Waals surface area contributed by atoms with Gasteiger partial charge >= 0.3 is 11.9 Å². The van der Waals surface area contributed by atoms with Crippen LogP contribution in [0.1, 0.15) is 17.3 Å². The largest absolute Gasteiger partial charge is 0.465 e. The predicted molar refractivity (Wildman–Crippen MR) is 100 cm³/mol. The molecule has 0 radical (unpaired) electrons. The molecule has 7 nitrogen and oxygen atoms in total. The highest BCUT2D eigenvalue weighted by atomic mass is 35.5. The van der Waals surface area contributed by atoms with E-state index in [4.69, 9.17) is 21.1 Å². The summed E-state index contributed by atoms with van der Waals surface area (Å²) in [7, 11) is -3.00. The van der Waals surface area contributed by atoms with Gasteiger partial charge in [0.15, 0.2) is 0 Å². The topological polar surface area (TPSA) is 90.0 Å². The Kier molecular flexibility index (Phi) is 6.81. The molecule has 0 saturated carbocycles. The van der Waals surface area contributed by atoms with Gasteiger partial charge in [-0.2, -0.15) is 0 Å². The van der Waals surface area contributed by atoms with E-state index in [1.54, 1.807) is 19.1 Å². The number of hydrogen-bond donors (Lipinski definition) is 0. The number of nitrogens with zero attached hydrogens (tertiary/aromatic N) is 1. The highest BCUT2D eigenvalue weighted by molar-refractivity contribution is 7.92. The first-order valence-corrected chi connectivity index (χ1v) is 9.74. The molecule has 9 heteroatoms. The van der Waals surface area contributed by atoms with Gasteiger partial charge in [-0.15, -0.1) is 0 Å². The maximum atomic E-state index is 13.2. The molecule has 0 unspecified atom stereocenters. The number of esters is 2. The van der Waals surface area contributed by atoms with Gasteiger partial charge in [0, 0.05) is 5.02 Å². The van der Waals surface area contributed by atoms with E-state index >= 15 is 0 Å². The molecule has 0 atom stereocenters. The summed E-state index contributed by atoms with van der Waals surface area (Å²) in [5.41, 5.74) is 0.00851. The first-order chi connectivity index (χ1) is 12.8. The molecule has 2 aromatic rings. The number of methoxy groups -OCH3 is 1. The third-order valence-corrected chi connectivity index (χ3v) is 5.58. The monoisotopic (exact) mass is 411 g/mol. The van der Waals surface area contributed by atoms with Crippen molar-refractivity contribution in [1.29, 1.82) is 0 Å². The van der Waals surface area contributed by atoms with Gasteiger partial charge in [-0.3, -0.25) is 9.10 Å². The van der Waals surface area contributed by atoms with Crippen LogP contribution in [0.4, 0.5) is 5.69 Å². The van der Waals surface area contributed by atoms with Crippen molar-refractivity contribution in [3.05, 3.63) is 59.1 Å². The van der Waals surface area contributed by atoms with E-state index in [0.717, 1.165) is 4.31 Å². The molecule has 144 valence electrons. The lowest BCUT2D eigenvalue weighted by Gasteiger charge is -2.25. The molecular weight excluding hydrogens is 394 g/mol. The number of sulfonamides is 1. The second-order valence-corrected chi connectivity index (χ2v) is 7.58. The van der Waals surface area contributed by atoms with Crippen LogP contribution in [-0.4, -0.2) is 40.6 Å². The Bertz CT molecular complexity index is 927. The Morgan fingerprint density at radius 3 is 2.30 bits per heavy atom. The molecule has 0 aliphatic rings. The zero-order chi connectivity index (χ0) is 20.0. The Morgan fingerprint density at radius 1 is 1.07 bits per heavy atom. The SMILES string of the molecule is CCOC(=O)CN(c1ccccc1C(=O)OC)S(=O)(=O)c1ccc(Cl)cc1. The summed E-state index contributed by atoms with van der Waals surface area (Å²) in [6, 6.07) is 11.4. The van der Waals surface area contributed by atoms with Gasteiger partial charge in [0.1, 0.15) is 6.54 Å². The van der Waals surface area contributed by atoms with Crippen molar-refractivity contribution in [2.75, 3.05) is 24.6 Å². The molecule has 2 rings (SSSR count). The van der Waals surface area contributed by atoms with Crippen molar-refractivity contribution in [2.45, 2.75) is 11.8 Å². The quantitative estimate of drug-likeness (QED) is 0.651. The van der Waals surface area contributed by atoms with Gasteiger partial charge in [0.25, 0.3) is 10.0 Å². The van der Waals surface area contributed by atoms with Crippen molar-refractivity contribution in [3.8, 4) is 0 Å². The first kappa shape index (κ1) is 20.7. The van der Waals surface area contributed by atoms with Crippen LogP contribution < -0.4 is 4.31 Å². The molecule has 0 heterocycles. The minimum Gasteiger partial charge on any atom is -0.465 e. The average Bonchev–Trinajstić information content (AvgIpc) is 2.66. The van der Waals surface area contributed by atoms with Crippen LogP contribution in [0.15, 0.2) is 53.4 Å². The summed E-state index contributed by atoms with van der Waals surface area (Å²) in [6.07, 6.45) is 0. The lowest BCUT2D eigenvalue weighted by atomic mass is 10.2. The number of anilines is 1. The van der Waals surface area contributed by atoms with Gasteiger partial charge in [-0.05, 0) is 43.3 Å². The van der Waals surface area contributed by atoms with Crippen LogP contribution >= 0.6 is 11.6 Å². The Morgan fingerprint density at radius 2 is 1.70 bits per heavy atom. The number of carbonyl (C=O) groups excluding carboxylic acids is 2. The standard InChI is InChI=1S/C18H18ClNO6S/c1-3-26-17(21)12-20(16-7-5-4-6-15(16)18(22)25-2)27(23,24)14-10-8-13(19)9-11-14/h4-11H,3,12H2,1-2H3. The van der Waals surface area contributed by atoms with E-state index in [-0.39, 0.29) is 22.8 Å². The van der Waals surface area contributed by atoms with Gasteiger partial charge < -0.3 is 9.47 Å². The summed E-state index contributed by atoms with van der Waals surface area (Å²) in [4.78, 5) is 24.0. The third kappa shape index (κ3) is 4.78. The molecule has 0 aliphatic carbocycles.